The molecule has 0 unspecified atom stereocenters. The third-order valence-corrected chi connectivity index (χ3v) is 7.37. The summed E-state index contributed by atoms with van der Waals surface area (Å²) in [5.41, 5.74) is 2.92. The van der Waals surface area contributed by atoms with Crippen molar-refractivity contribution in [3.05, 3.63) is 122 Å². The molecule has 0 amide bonds. The Morgan fingerprint density at radius 1 is 0.825 bits per heavy atom. The Balaban J connectivity index is 1.58. The maximum absolute atomic E-state index is 13.2. The van der Waals surface area contributed by atoms with Gasteiger partial charge in [0.2, 0.25) is 5.84 Å². The molecule has 1 heterocycles. The normalized spacial score (nSPS) is 14.7. The third kappa shape index (κ3) is 6.01. The van der Waals surface area contributed by atoms with Crippen molar-refractivity contribution in [1.29, 1.82) is 0 Å². The zero-order valence-electron chi connectivity index (χ0n) is 21.2. The van der Waals surface area contributed by atoms with Crippen LogP contribution in [0.25, 0.3) is 0 Å². The highest BCUT2D eigenvalue weighted by atomic mass is 35.5. The van der Waals surface area contributed by atoms with E-state index in [0.717, 1.165) is 11.3 Å². The van der Waals surface area contributed by atoms with Gasteiger partial charge in [0, 0.05) is 36.9 Å². The molecule has 0 aromatic heterocycles. The number of benzene rings is 4. The number of nitrogens with zero attached hydrogens (tertiary/aromatic N) is 3. The van der Waals surface area contributed by atoms with Gasteiger partial charge in [0.15, 0.2) is 6.17 Å². The largest absolute Gasteiger partial charge is 0.489 e. The van der Waals surface area contributed by atoms with Crippen molar-refractivity contribution >= 4 is 69.6 Å². The van der Waals surface area contributed by atoms with Crippen molar-refractivity contribution in [2.75, 3.05) is 16.5 Å². The molecule has 0 spiro atoms. The molecule has 0 N–H and O–H groups in total. The molecule has 0 fully saturated rings. The zero-order chi connectivity index (χ0) is 28.2. The summed E-state index contributed by atoms with van der Waals surface area (Å²) >= 11 is 25.0. The van der Waals surface area contributed by atoms with E-state index in [1.54, 1.807) is 54.4 Å². The quantitative estimate of drug-likeness (QED) is 0.186. The van der Waals surface area contributed by atoms with E-state index >= 15 is 0 Å². The number of esters is 1. The number of hydrogen-bond donors (Lipinski definition) is 0. The minimum atomic E-state index is -0.575. The number of carbonyl (C=O) groups is 1. The van der Waals surface area contributed by atoms with Crippen LogP contribution in [-0.4, -0.2) is 18.4 Å². The summed E-state index contributed by atoms with van der Waals surface area (Å²) in [6.07, 6.45) is -0.575. The van der Waals surface area contributed by atoms with Gasteiger partial charge in [0.1, 0.15) is 12.4 Å². The molecule has 40 heavy (non-hydrogen) atoms. The molecule has 6 nitrogen and oxygen atoms in total. The lowest BCUT2D eigenvalue weighted by Crippen LogP contribution is -2.39. The fourth-order valence-corrected chi connectivity index (χ4v) is 5.06. The highest BCUT2D eigenvalue weighted by molar-refractivity contribution is 6.42. The Bertz CT molecular complexity index is 1520. The number of amidine groups is 1. The van der Waals surface area contributed by atoms with Gasteiger partial charge in [-0.05, 0) is 79.7 Å². The van der Waals surface area contributed by atoms with E-state index in [9.17, 15) is 4.79 Å². The van der Waals surface area contributed by atoms with Gasteiger partial charge < -0.3 is 9.47 Å². The first-order chi connectivity index (χ1) is 19.4. The molecule has 4 aromatic rings. The lowest BCUT2D eigenvalue weighted by atomic mass is 10.1. The Hall–Kier alpha value is -3.42. The van der Waals surface area contributed by atoms with Gasteiger partial charge in [-0.2, -0.15) is 0 Å². The van der Waals surface area contributed by atoms with Crippen LogP contribution in [0.15, 0.2) is 96.1 Å². The summed E-state index contributed by atoms with van der Waals surface area (Å²) in [4.78, 5) is 15.0. The molecule has 0 radical (unpaired) electrons. The molecule has 0 saturated heterocycles. The molecule has 4 aromatic carbocycles. The van der Waals surface area contributed by atoms with E-state index in [2.05, 4.69) is 0 Å². The number of hydrazone groups is 1. The molecular formula is C30H23Cl4N3O3. The summed E-state index contributed by atoms with van der Waals surface area (Å²) in [5, 5.41) is 8.69. The van der Waals surface area contributed by atoms with Crippen LogP contribution >= 0.6 is 46.4 Å². The summed E-state index contributed by atoms with van der Waals surface area (Å²) < 4.78 is 11.5. The maximum Gasteiger partial charge on any atom is 0.376 e. The van der Waals surface area contributed by atoms with Crippen LogP contribution in [0.3, 0.4) is 0 Å². The number of anilines is 2. The molecular weight excluding hydrogens is 592 g/mol. The minimum absolute atomic E-state index is 0.123. The first kappa shape index (κ1) is 28.1. The van der Waals surface area contributed by atoms with Crippen LogP contribution in [-0.2, 0) is 16.1 Å². The average Bonchev–Trinajstić information content (AvgIpc) is 3.35. The summed E-state index contributed by atoms with van der Waals surface area (Å²) in [7, 11) is 0. The van der Waals surface area contributed by atoms with E-state index in [1.807, 2.05) is 53.4 Å². The fourth-order valence-electron chi connectivity index (χ4n) is 4.30. The van der Waals surface area contributed by atoms with Gasteiger partial charge in [0.05, 0.1) is 12.3 Å². The van der Waals surface area contributed by atoms with Gasteiger partial charge in [-0.3, -0.25) is 4.90 Å². The lowest BCUT2D eigenvalue weighted by Gasteiger charge is -2.32. The van der Waals surface area contributed by atoms with Crippen LogP contribution in [0, 0.1) is 0 Å². The molecule has 5 rings (SSSR count). The number of halogens is 4. The van der Waals surface area contributed by atoms with E-state index in [-0.39, 0.29) is 19.0 Å². The molecule has 0 aliphatic carbocycles. The number of ether oxygens (including phenoxy) is 2. The van der Waals surface area contributed by atoms with Gasteiger partial charge in [0.25, 0.3) is 0 Å². The third-order valence-electron chi connectivity index (χ3n) is 6.16. The van der Waals surface area contributed by atoms with Gasteiger partial charge >= 0.3 is 5.97 Å². The van der Waals surface area contributed by atoms with Crippen molar-refractivity contribution in [2.45, 2.75) is 19.7 Å². The van der Waals surface area contributed by atoms with Gasteiger partial charge in [-0.15, -0.1) is 5.10 Å². The summed E-state index contributed by atoms with van der Waals surface area (Å²) in [6.45, 7) is 2.13. The predicted molar refractivity (Wildman–Crippen MR) is 162 cm³/mol. The summed E-state index contributed by atoms with van der Waals surface area (Å²) in [5.74, 6) is 0.156. The van der Waals surface area contributed by atoms with Gasteiger partial charge in [-0.1, -0.05) is 64.6 Å². The van der Waals surface area contributed by atoms with E-state index < -0.39 is 12.1 Å². The topological polar surface area (TPSA) is 54.4 Å². The molecule has 1 aliphatic heterocycles. The number of rotatable bonds is 8. The van der Waals surface area contributed by atoms with Crippen LogP contribution in [0.4, 0.5) is 11.4 Å². The number of hydrogen-bond acceptors (Lipinski definition) is 6. The number of carbonyl (C=O) groups excluding carboxylic acids is 1. The SMILES string of the molecule is CCOC(=O)C1=NN(c2ccc(Cl)cc2)[C@@H](c2cccc(OCc3c(Cl)cccc3Cl)c2)N1c1ccc(Cl)cc1. The zero-order valence-corrected chi connectivity index (χ0v) is 24.3. The van der Waals surface area contributed by atoms with E-state index in [0.29, 0.717) is 37.1 Å². The standard InChI is InChI=1S/C30H23Cl4N3O3/c1-2-39-30(38)28-35-37(23-15-11-21(32)12-16-23)29(36(28)22-13-9-20(31)10-14-22)19-5-3-6-24(17-19)40-18-25-26(33)7-4-8-27(25)34/h3-17,29H,2,18H2,1H3/t29-/m0/s1. The monoisotopic (exact) mass is 613 g/mol. The van der Waals surface area contributed by atoms with E-state index in [1.165, 1.54) is 0 Å². The molecule has 10 heteroatoms. The molecule has 1 aliphatic rings. The molecule has 1 atom stereocenters. The van der Waals surface area contributed by atoms with E-state index in [4.69, 9.17) is 61.0 Å². The van der Waals surface area contributed by atoms with Crippen molar-refractivity contribution in [3.63, 3.8) is 0 Å². The Morgan fingerprint density at radius 2 is 1.43 bits per heavy atom. The highest BCUT2D eigenvalue weighted by Gasteiger charge is 2.41. The van der Waals surface area contributed by atoms with Crippen molar-refractivity contribution in [1.82, 2.24) is 0 Å². The maximum atomic E-state index is 13.2. The molecule has 204 valence electrons. The second-order valence-corrected chi connectivity index (χ2v) is 10.4. The molecule has 0 saturated carbocycles. The van der Waals surface area contributed by atoms with Crippen molar-refractivity contribution in [3.8, 4) is 5.75 Å². The second kappa shape index (κ2) is 12.4. The Morgan fingerprint density at radius 3 is 2.05 bits per heavy atom. The molecule has 0 bridgehead atoms. The van der Waals surface area contributed by atoms with Gasteiger partial charge in [-0.25, -0.2) is 9.80 Å². The minimum Gasteiger partial charge on any atom is -0.489 e. The predicted octanol–water partition coefficient (Wildman–Crippen LogP) is 8.78. The van der Waals surface area contributed by atoms with Crippen molar-refractivity contribution < 1.29 is 14.3 Å². The van der Waals surface area contributed by atoms with Crippen LogP contribution < -0.4 is 14.6 Å². The van der Waals surface area contributed by atoms with Crippen LogP contribution in [0.5, 0.6) is 5.75 Å². The Labute approximate surface area is 252 Å². The average molecular weight is 615 g/mol. The first-order valence-electron chi connectivity index (χ1n) is 12.4. The second-order valence-electron chi connectivity index (χ2n) is 8.75. The first-order valence-corrected chi connectivity index (χ1v) is 13.9. The summed E-state index contributed by atoms with van der Waals surface area (Å²) in [6, 6.07) is 27.3. The van der Waals surface area contributed by atoms with Crippen molar-refractivity contribution in [2.24, 2.45) is 5.10 Å². The van der Waals surface area contributed by atoms with Crippen LogP contribution in [0.1, 0.15) is 24.2 Å². The Kier molecular flexibility index (Phi) is 8.72. The lowest BCUT2D eigenvalue weighted by molar-refractivity contribution is -0.135. The van der Waals surface area contributed by atoms with Crippen LogP contribution in [0.2, 0.25) is 20.1 Å². The highest BCUT2D eigenvalue weighted by Crippen LogP contribution is 2.40. The fraction of sp³-hybridized carbons (Fsp3) is 0.133. The smallest absolute Gasteiger partial charge is 0.376 e.